The van der Waals surface area contributed by atoms with E-state index in [9.17, 15) is 28.6 Å². The molecule has 0 fully saturated rings. The summed E-state index contributed by atoms with van der Waals surface area (Å²) >= 11 is 9.03. The van der Waals surface area contributed by atoms with Crippen LogP contribution >= 0.6 is 27.5 Å². The Morgan fingerprint density at radius 3 is 2.46 bits per heavy atom. The molecule has 0 spiro atoms. The molecule has 13 heteroatoms. The highest BCUT2D eigenvalue weighted by Gasteiger charge is 2.22. The lowest BCUT2D eigenvalue weighted by Gasteiger charge is -2.14. The van der Waals surface area contributed by atoms with Gasteiger partial charge in [0.15, 0.2) is 11.5 Å². The van der Waals surface area contributed by atoms with E-state index in [2.05, 4.69) is 21.2 Å². The van der Waals surface area contributed by atoms with Crippen LogP contribution in [0.4, 0.5) is 11.4 Å². The molecule has 0 heterocycles. The first-order chi connectivity index (χ1) is 17.4. The number of rotatable bonds is 8. The van der Waals surface area contributed by atoms with Gasteiger partial charge >= 0.3 is 10.1 Å². The monoisotopic (exact) mass is 605 g/mol. The third kappa shape index (κ3) is 6.65. The van der Waals surface area contributed by atoms with Gasteiger partial charge in [-0.25, -0.2) is 0 Å². The van der Waals surface area contributed by atoms with Crippen molar-refractivity contribution in [3.05, 3.63) is 90.9 Å². The summed E-state index contributed by atoms with van der Waals surface area (Å²) in [5.41, 5.74) is 0.489. The first kappa shape index (κ1) is 27.7. The number of ether oxygens (including phenoxy) is 1. The molecule has 0 unspecified atom stereocenters. The molecule has 0 saturated heterocycles. The predicted octanol–water partition coefficient (Wildman–Crippen LogP) is 5.64. The molecule has 0 aromatic heterocycles. The minimum absolute atomic E-state index is 0.0161. The molecule has 10 nitrogen and oxygen atoms in total. The molecule has 0 saturated carbocycles. The van der Waals surface area contributed by atoms with Crippen molar-refractivity contribution in [1.29, 1.82) is 5.26 Å². The standard InChI is InChI=1S/C24H17BrClN3O7S/c1-14-3-6-18(7-4-14)37(33,34)36-23-19(25)10-15(11-22(23)35-2)9-16(13-27)24(30)28-17-5-8-20(26)21(12-17)29(31)32/h3-12H,1-2H3,(H,28,30)/b16-9+. The fraction of sp³-hybridized carbons (Fsp3) is 0.0833. The van der Waals surface area contributed by atoms with Crippen molar-refractivity contribution in [3.8, 4) is 17.6 Å². The maximum absolute atomic E-state index is 12.7. The zero-order chi connectivity index (χ0) is 27.3. The van der Waals surface area contributed by atoms with Crippen molar-refractivity contribution in [2.45, 2.75) is 11.8 Å². The quantitative estimate of drug-likeness (QED) is 0.114. The summed E-state index contributed by atoms with van der Waals surface area (Å²) < 4.78 is 36.2. The molecule has 0 aliphatic heterocycles. The van der Waals surface area contributed by atoms with Gasteiger partial charge in [-0.2, -0.15) is 13.7 Å². The van der Waals surface area contributed by atoms with E-state index >= 15 is 0 Å². The summed E-state index contributed by atoms with van der Waals surface area (Å²) in [5, 5.41) is 22.9. The van der Waals surface area contributed by atoms with E-state index in [1.54, 1.807) is 18.2 Å². The van der Waals surface area contributed by atoms with Crippen LogP contribution < -0.4 is 14.2 Å². The molecular weight excluding hydrogens is 590 g/mol. The zero-order valence-corrected chi connectivity index (χ0v) is 22.3. The molecular formula is C24H17BrClN3O7S. The van der Waals surface area contributed by atoms with Crippen LogP contribution in [0, 0.1) is 28.4 Å². The Morgan fingerprint density at radius 2 is 1.86 bits per heavy atom. The summed E-state index contributed by atoms with van der Waals surface area (Å²) in [7, 11) is -2.89. The van der Waals surface area contributed by atoms with Crippen molar-refractivity contribution in [3.63, 3.8) is 0 Å². The number of hydrogen-bond donors (Lipinski definition) is 1. The number of halogens is 2. The molecule has 0 atom stereocenters. The van der Waals surface area contributed by atoms with Gasteiger partial charge in [-0.1, -0.05) is 29.3 Å². The summed E-state index contributed by atoms with van der Waals surface area (Å²) in [5.74, 6) is -0.949. The lowest BCUT2D eigenvalue weighted by Crippen LogP contribution is -2.13. The summed E-state index contributed by atoms with van der Waals surface area (Å²) in [6.07, 6.45) is 1.23. The number of amides is 1. The van der Waals surface area contributed by atoms with Crippen LogP contribution in [0.5, 0.6) is 11.5 Å². The van der Waals surface area contributed by atoms with Crippen LogP contribution in [0.25, 0.3) is 6.08 Å². The summed E-state index contributed by atoms with van der Waals surface area (Å²) in [4.78, 5) is 23.0. The van der Waals surface area contributed by atoms with E-state index in [1.807, 2.05) is 6.92 Å². The molecule has 1 amide bonds. The number of nitrogens with one attached hydrogen (secondary N) is 1. The lowest BCUT2D eigenvalue weighted by atomic mass is 10.1. The molecule has 0 radical (unpaired) electrons. The number of nitriles is 1. The molecule has 0 bridgehead atoms. The maximum Gasteiger partial charge on any atom is 0.339 e. The average Bonchev–Trinajstić information content (AvgIpc) is 2.85. The predicted molar refractivity (Wildman–Crippen MR) is 140 cm³/mol. The first-order valence-electron chi connectivity index (χ1n) is 10.2. The molecule has 37 heavy (non-hydrogen) atoms. The SMILES string of the molecule is COc1cc(/C=C(\C#N)C(=O)Nc2ccc(Cl)c([N+](=O)[O-])c2)cc(Br)c1OS(=O)(=O)c1ccc(C)cc1. The topological polar surface area (TPSA) is 149 Å². The fourth-order valence-corrected chi connectivity index (χ4v) is 4.80. The van der Waals surface area contributed by atoms with Crippen molar-refractivity contribution < 1.29 is 27.1 Å². The highest BCUT2D eigenvalue weighted by atomic mass is 79.9. The number of benzene rings is 3. The smallest absolute Gasteiger partial charge is 0.339 e. The van der Waals surface area contributed by atoms with Crippen molar-refractivity contribution in [1.82, 2.24) is 0 Å². The lowest BCUT2D eigenvalue weighted by molar-refractivity contribution is -0.384. The Hall–Kier alpha value is -3.92. The van der Waals surface area contributed by atoms with Crippen LogP contribution in [-0.4, -0.2) is 26.4 Å². The average molecular weight is 607 g/mol. The highest BCUT2D eigenvalue weighted by Crippen LogP contribution is 2.39. The van der Waals surface area contributed by atoms with Crippen LogP contribution in [0.15, 0.2) is 69.5 Å². The maximum atomic E-state index is 12.7. The normalized spacial score (nSPS) is 11.4. The Balaban J connectivity index is 1.91. The van der Waals surface area contributed by atoms with Crippen LogP contribution in [0.2, 0.25) is 5.02 Å². The number of methoxy groups -OCH3 is 1. The van der Waals surface area contributed by atoms with Gasteiger partial charge in [0.05, 0.1) is 16.5 Å². The second-order valence-electron chi connectivity index (χ2n) is 7.43. The second kappa shape index (κ2) is 11.4. The number of carbonyl (C=O) groups excluding carboxylic acids is 1. The van der Waals surface area contributed by atoms with Gasteiger partial charge < -0.3 is 14.2 Å². The van der Waals surface area contributed by atoms with Gasteiger partial charge in [0.2, 0.25) is 0 Å². The number of anilines is 1. The summed E-state index contributed by atoms with van der Waals surface area (Å²) in [6.45, 7) is 1.82. The van der Waals surface area contributed by atoms with E-state index in [4.69, 9.17) is 20.5 Å². The number of nitrogens with zero attached hydrogens (tertiary/aromatic N) is 2. The number of nitro benzene ring substituents is 1. The molecule has 1 N–H and O–H groups in total. The van der Waals surface area contributed by atoms with Gasteiger partial charge in [-0.05, 0) is 70.9 Å². The third-order valence-electron chi connectivity index (χ3n) is 4.83. The summed E-state index contributed by atoms with van der Waals surface area (Å²) in [6, 6.07) is 14.3. The van der Waals surface area contributed by atoms with Crippen molar-refractivity contribution in [2.24, 2.45) is 0 Å². The van der Waals surface area contributed by atoms with Gasteiger partial charge in [0.25, 0.3) is 11.6 Å². The molecule has 0 aliphatic rings. The van der Waals surface area contributed by atoms with Crippen molar-refractivity contribution >= 4 is 61.0 Å². The van der Waals surface area contributed by atoms with E-state index in [-0.39, 0.29) is 37.2 Å². The Labute approximate surface area is 225 Å². The Kier molecular flexibility index (Phi) is 8.54. The molecule has 0 aliphatic carbocycles. The van der Waals surface area contributed by atoms with Gasteiger partial charge in [-0.15, -0.1) is 0 Å². The molecule has 3 aromatic carbocycles. The Morgan fingerprint density at radius 1 is 1.19 bits per heavy atom. The van der Waals surface area contributed by atoms with Gasteiger partial charge in [-0.3, -0.25) is 14.9 Å². The highest BCUT2D eigenvalue weighted by molar-refractivity contribution is 9.10. The van der Waals surface area contributed by atoms with E-state index in [0.29, 0.717) is 5.56 Å². The zero-order valence-electron chi connectivity index (χ0n) is 19.2. The van der Waals surface area contributed by atoms with Crippen LogP contribution in [-0.2, 0) is 14.9 Å². The number of hydrogen-bond acceptors (Lipinski definition) is 8. The van der Waals surface area contributed by atoms with Gasteiger partial charge in [0.1, 0.15) is 21.6 Å². The van der Waals surface area contributed by atoms with Gasteiger partial charge in [0, 0.05) is 11.8 Å². The largest absolute Gasteiger partial charge is 0.493 e. The first-order valence-corrected chi connectivity index (χ1v) is 12.8. The van der Waals surface area contributed by atoms with Crippen LogP contribution in [0.1, 0.15) is 11.1 Å². The minimum atomic E-state index is -4.19. The third-order valence-corrected chi connectivity index (χ3v) is 6.98. The van der Waals surface area contributed by atoms with E-state index < -0.39 is 26.6 Å². The van der Waals surface area contributed by atoms with E-state index in [1.165, 1.54) is 49.6 Å². The number of aryl methyl sites for hydroxylation is 1. The minimum Gasteiger partial charge on any atom is -0.493 e. The Bertz CT molecular complexity index is 1570. The van der Waals surface area contributed by atoms with Crippen molar-refractivity contribution in [2.75, 3.05) is 12.4 Å². The number of carbonyl (C=O) groups is 1. The molecule has 3 rings (SSSR count). The number of nitro groups is 1. The molecule has 3 aromatic rings. The van der Waals surface area contributed by atoms with E-state index in [0.717, 1.165) is 11.6 Å². The second-order valence-corrected chi connectivity index (χ2v) is 10.2. The van der Waals surface area contributed by atoms with Crippen LogP contribution in [0.3, 0.4) is 0 Å². The molecule has 190 valence electrons. The fourth-order valence-electron chi connectivity index (χ4n) is 3.01.